The van der Waals surface area contributed by atoms with E-state index in [1.165, 1.54) is 22.2 Å². The van der Waals surface area contributed by atoms with Crippen LogP contribution in [0.2, 0.25) is 0 Å². The number of rotatable bonds is 10. The molecule has 0 atom stereocenters. The number of aromatic nitrogens is 6. The summed E-state index contributed by atoms with van der Waals surface area (Å²) in [6.07, 6.45) is 8.19. The van der Waals surface area contributed by atoms with E-state index in [9.17, 15) is 18.4 Å². The van der Waals surface area contributed by atoms with Crippen molar-refractivity contribution in [3.05, 3.63) is 53.6 Å². The Morgan fingerprint density at radius 2 is 1.95 bits per heavy atom. The van der Waals surface area contributed by atoms with E-state index < -0.39 is 23.6 Å². The third-order valence-corrected chi connectivity index (χ3v) is 7.47. The first-order chi connectivity index (χ1) is 19.8. The van der Waals surface area contributed by atoms with Crippen molar-refractivity contribution in [3.63, 3.8) is 0 Å². The van der Waals surface area contributed by atoms with Crippen molar-refractivity contribution in [1.29, 1.82) is 0 Å². The third-order valence-electron chi connectivity index (χ3n) is 6.58. The molecule has 0 spiro atoms. The maximum Gasteiger partial charge on any atom is 0.321 e. The molecule has 1 aliphatic rings. The van der Waals surface area contributed by atoms with Gasteiger partial charge in [-0.05, 0) is 44.7 Å². The number of anilines is 1. The van der Waals surface area contributed by atoms with E-state index >= 15 is 0 Å². The summed E-state index contributed by atoms with van der Waals surface area (Å²) in [5.74, 6) is -2.76. The van der Waals surface area contributed by atoms with Gasteiger partial charge in [-0.15, -0.1) is 11.3 Å². The Kier molecular flexibility index (Phi) is 8.75. The van der Waals surface area contributed by atoms with Gasteiger partial charge in [-0.2, -0.15) is 14.6 Å². The number of hydrogen-bond donors (Lipinski definition) is 2. The molecule has 0 aliphatic heterocycles. The maximum atomic E-state index is 14.7. The molecule has 41 heavy (non-hydrogen) atoms. The quantitative estimate of drug-likeness (QED) is 0.209. The van der Waals surface area contributed by atoms with E-state index in [-0.39, 0.29) is 48.2 Å². The van der Waals surface area contributed by atoms with E-state index in [1.807, 2.05) is 6.92 Å². The lowest BCUT2D eigenvalue weighted by Gasteiger charge is -2.28. The minimum absolute atomic E-state index is 0.000680. The maximum absolute atomic E-state index is 14.7. The predicted molar refractivity (Wildman–Crippen MR) is 145 cm³/mol. The summed E-state index contributed by atoms with van der Waals surface area (Å²) < 4.78 is 42.5. The second-order valence-corrected chi connectivity index (χ2v) is 10.2. The minimum Gasteiger partial charge on any atom is -0.441 e. The molecule has 1 fully saturated rings. The molecular weight excluding hydrogens is 558 g/mol. The molecule has 12 nitrogen and oxygen atoms in total. The van der Waals surface area contributed by atoms with Crippen molar-refractivity contribution < 1.29 is 27.8 Å². The van der Waals surface area contributed by atoms with Gasteiger partial charge in [0.05, 0.1) is 30.6 Å². The number of nitrogens with two attached hydrogens (primary N) is 1. The standard InChI is InChI=1S/C26H28F2N8O4S/c1-2-39-17-5-3-16(4-6-17)36-12-19(24(34-36)23-18(27)7-8-21(28)33-23)31-25(38)20-13-41-26(32-20)15-10-30-35(11-15)14-40-22(37)9-29/h7-8,10-13,16-17H,2-6,9,14,29H2,1H3,(H,31,38)/t16-,17-. The fourth-order valence-corrected chi connectivity index (χ4v) is 5.36. The zero-order valence-corrected chi connectivity index (χ0v) is 22.9. The number of amides is 1. The first-order valence-electron chi connectivity index (χ1n) is 13.0. The minimum atomic E-state index is -0.868. The summed E-state index contributed by atoms with van der Waals surface area (Å²) in [5, 5.41) is 13.5. The number of carbonyl (C=O) groups is 2. The molecule has 0 aromatic carbocycles. The Morgan fingerprint density at radius 1 is 1.15 bits per heavy atom. The van der Waals surface area contributed by atoms with Gasteiger partial charge in [0.25, 0.3) is 5.91 Å². The predicted octanol–water partition coefficient (Wildman–Crippen LogP) is 3.78. The summed E-state index contributed by atoms with van der Waals surface area (Å²) in [6.45, 7) is 2.26. The molecule has 1 amide bonds. The first kappa shape index (κ1) is 28.4. The average molecular weight is 587 g/mol. The van der Waals surface area contributed by atoms with Crippen molar-refractivity contribution in [2.45, 2.75) is 51.5 Å². The summed E-state index contributed by atoms with van der Waals surface area (Å²) in [7, 11) is 0. The Bertz CT molecular complexity index is 1530. The summed E-state index contributed by atoms with van der Waals surface area (Å²) in [5.41, 5.74) is 5.85. The topological polar surface area (TPSA) is 152 Å². The van der Waals surface area contributed by atoms with Crippen LogP contribution < -0.4 is 11.1 Å². The number of carbonyl (C=O) groups excluding carboxylic acids is 2. The van der Waals surface area contributed by atoms with Crippen LogP contribution in [0.4, 0.5) is 14.5 Å². The van der Waals surface area contributed by atoms with E-state index in [0.717, 1.165) is 37.8 Å². The molecule has 4 aromatic heterocycles. The van der Waals surface area contributed by atoms with Gasteiger partial charge in [0.15, 0.2) is 12.5 Å². The van der Waals surface area contributed by atoms with Crippen molar-refractivity contribution in [3.8, 4) is 22.0 Å². The van der Waals surface area contributed by atoms with Gasteiger partial charge < -0.3 is 20.5 Å². The number of nitrogens with zero attached hydrogens (tertiary/aromatic N) is 6. The Labute approximate surface area is 237 Å². The lowest BCUT2D eigenvalue weighted by molar-refractivity contribution is -0.146. The molecule has 4 aromatic rings. The summed E-state index contributed by atoms with van der Waals surface area (Å²) in [4.78, 5) is 32.6. The van der Waals surface area contributed by atoms with Crippen molar-refractivity contribution in [1.82, 2.24) is 29.5 Å². The molecule has 1 saturated carbocycles. The average Bonchev–Trinajstić information content (AvgIpc) is 3.74. The fourth-order valence-electron chi connectivity index (χ4n) is 4.58. The molecule has 1 aliphatic carbocycles. The van der Waals surface area contributed by atoms with Gasteiger partial charge >= 0.3 is 5.97 Å². The molecular formula is C26H28F2N8O4S. The number of ether oxygens (including phenoxy) is 2. The number of halogens is 2. The van der Waals surface area contributed by atoms with Crippen LogP contribution in [0.25, 0.3) is 22.0 Å². The van der Waals surface area contributed by atoms with Crippen LogP contribution in [0.5, 0.6) is 0 Å². The molecule has 3 N–H and O–H groups in total. The third kappa shape index (κ3) is 6.64. The second-order valence-electron chi connectivity index (χ2n) is 9.33. The van der Waals surface area contributed by atoms with Gasteiger partial charge in [0, 0.05) is 29.9 Å². The monoisotopic (exact) mass is 586 g/mol. The van der Waals surface area contributed by atoms with Gasteiger partial charge in [-0.25, -0.2) is 19.0 Å². The van der Waals surface area contributed by atoms with Gasteiger partial charge in [-0.1, -0.05) is 0 Å². The van der Waals surface area contributed by atoms with Gasteiger partial charge in [0.2, 0.25) is 5.95 Å². The summed E-state index contributed by atoms with van der Waals surface area (Å²) >= 11 is 1.21. The van der Waals surface area contributed by atoms with Crippen LogP contribution in [0, 0.1) is 11.8 Å². The van der Waals surface area contributed by atoms with Crippen molar-refractivity contribution in [2.75, 3.05) is 18.5 Å². The zero-order chi connectivity index (χ0) is 28.9. The van der Waals surface area contributed by atoms with E-state index in [1.54, 1.807) is 22.5 Å². The SMILES string of the molecule is CCO[C@H]1CC[C@H](n2cc(NC(=O)c3csc(-c4cnn(COC(=O)CN)c4)n3)c(-c3nc(F)ccc3F)n2)CC1. The van der Waals surface area contributed by atoms with E-state index in [4.69, 9.17) is 15.2 Å². The molecule has 4 heterocycles. The normalized spacial score (nSPS) is 17.0. The van der Waals surface area contributed by atoms with E-state index in [2.05, 4.69) is 25.5 Å². The largest absolute Gasteiger partial charge is 0.441 e. The van der Waals surface area contributed by atoms with Crippen molar-refractivity contribution >= 4 is 28.9 Å². The highest BCUT2D eigenvalue weighted by Gasteiger charge is 2.27. The fraction of sp³-hybridized carbons (Fsp3) is 0.385. The molecule has 0 radical (unpaired) electrons. The first-order valence-corrected chi connectivity index (χ1v) is 13.9. The van der Waals surface area contributed by atoms with Crippen LogP contribution in [-0.2, 0) is 21.0 Å². The second kappa shape index (κ2) is 12.6. The number of pyridine rings is 1. The smallest absolute Gasteiger partial charge is 0.321 e. The molecule has 0 unspecified atom stereocenters. The van der Waals surface area contributed by atoms with Crippen LogP contribution in [0.1, 0.15) is 49.1 Å². The van der Waals surface area contributed by atoms with E-state index in [0.29, 0.717) is 17.2 Å². The number of hydrogen-bond acceptors (Lipinski definition) is 10. The Balaban J connectivity index is 1.36. The van der Waals surface area contributed by atoms with Crippen LogP contribution in [0.3, 0.4) is 0 Å². The molecule has 5 rings (SSSR count). The summed E-state index contributed by atoms with van der Waals surface area (Å²) in [6, 6.07) is 1.89. The number of thiazole rings is 1. The molecule has 15 heteroatoms. The highest BCUT2D eigenvalue weighted by molar-refractivity contribution is 7.13. The van der Waals surface area contributed by atoms with Gasteiger partial charge in [0.1, 0.15) is 22.1 Å². The zero-order valence-electron chi connectivity index (χ0n) is 22.1. The van der Waals surface area contributed by atoms with Crippen molar-refractivity contribution in [2.24, 2.45) is 5.73 Å². The lowest BCUT2D eigenvalue weighted by atomic mass is 9.93. The van der Waals surface area contributed by atoms with Crippen LogP contribution >= 0.6 is 11.3 Å². The Hall–Kier alpha value is -4.08. The van der Waals surface area contributed by atoms with Crippen LogP contribution in [0.15, 0.2) is 36.1 Å². The molecule has 0 saturated heterocycles. The number of nitrogens with one attached hydrogen (secondary N) is 1. The highest BCUT2D eigenvalue weighted by Crippen LogP contribution is 2.34. The highest BCUT2D eigenvalue weighted by atomic mass is 32.1. The molecule has 216 valence electrons. The molecule has 0 bridgehead atoms. The van der Waals surface area contributed by atoms with Crippen LogP contribution in [-0.4, -0.2) is 60.7 Å². The number of esters is 1. The lowest BCUT2D eigenvalue weighted by Crippen LogP contribution is -2.24. The van der Waals surface area contributed by atoms with Gasteiger partial charge in [-0.3, -0.25) is 14.3 Å². The Morgan fingerprint density at radius 3 is 2.71 bits per heavy atom.